The van der Waals surface area contributed by atoms with Crippen LogP contribution in [0.5, 0.6) is 5.88 Å². The number of pyridine rings is 1. The fourth-order valence-electron chi connectivity index (χ4n) is 5.17. The number of hydrogen-bond acceptors (Lipinski definition) is 6. The Balaban J connectivity index is 1.85. The van der Waals surface area contributed by atoms with Gasteiger partial charge in [0, 0.05) is 39.9 Å². The van der Waals surface area contributed by atoms with Crippen molar-refractivity contribution in [2.45, 2.75) is 58.9 Å². The second-order valence-electron chi connectivity index (χ2n) is 9.13. The lowest BCUT2D eigenvalue weighted by atomic mass is 9.63. The second-order valence-corrected chi connectivity index (χ2v) is 9.13. The van der Waals surface area contributed by atoms with Crippen LogP contribution in [0, 0.1) is 27.9 Å². The predicted octanol–water partition coefficient (Wildman–Crippen LogP) is 5.29. The van der Waals surface area contributed by atoms with Crippen LogP contribution in [0.1, 0.15) is 58.2 Å². The first kappa shape index (κ1) is 23.5. The maximum atomic E-state index is 12.5. The zero-order valence-corrected chi connectivity index (χ0v) is 18.9. The Hall–Kier alpha value is -3.19. The topological polar surface area (TPSA) is 131 Å². The first-order chi connectivity index (χ1) is 15.2. The van der Waals surface area contributed by atoms with Crippen LogP contribution in [0.3, 0.4) is 0 Å². The van der Waals surface area contributed by atoms with Crippen molar-refractivity contribution in [3.8, 4) is 5.88 Å². The second kappa shape index (κ2) is 9.53. The first-order valence-electron chi connectivity index (χ1n) is 10.9. The van der Waals surface area contributed by atoms with Crippen molar-refractivity contribution < 1.29 is 14.5 Å². The quantitative estimate of drug-likeness (QED) is 0.103. The van der Waals surface area contributed by atoms with Crippen LogP contribution >= 0.6 is 0 Å². The van der Waals surface area contributed by atoms with Crippen molar-refractivity contribution in [3.63, 3.8) is 0 Å². The number of esters is 1. The van der Waals surface area contributed by atoms with Gasteiger partial charge in [-0.3, -0.25) is 14.9 Å². The third-order valence-corrected chi connectivity index (χ3v) is 6.12. The zero-order valence-electron chi connectivity index (χ0n) is 18.9. The number of allylic oxidation sites excluding steroid dienone is 2. The van der Waals surface area contributed by atoms with Gasteiger partial charge in [-0.05, 0) is 43.7 Å². The number of azide groups is 1. The van der Waals surface area contributed by atoms with E-state index in [9.17, 15) is 20.4 Å². The highest BCUT2D eigenvalue weighted by atomic mass is 16.6. The van der Waals surface area contributed by atoms with Crippen LogP contribution in [0.15, 0.2) is 40.5 Å². The van der Waals surface area contributed by atoms with E-state index in [0.29, 0.717) is 19.3 Å². The summed E-state index contributed by atoms with van der Waals surface area (Å²) in [6, 6.07) is 3.43. The molecule has 9 nitrogen and oxygen atoms in total. The number of aromatic nitrogens is 1. The van der Waals surface area contributed by atoms with Crippen LogP contribution in [-0.2, 0) is 16.8 Å². The molecule has 0 saturated carbocycles. The molecule has 0 saturated heterocycles. The highest BCUT2D eigenvalue weighted by molar-refractivity contribution is 5.72. The lowest BCUT2D eigenvalue weighted by molar-refractivity contribution is -0.488. The summed E-state index contributed by atoms with van der Waals surface area (Å²) in [7, 11) is 0. The molecule has 1 aromatic heterocycles. The molecule has 9 heteroatoms. The molecule has 170 valence electrons. The Kier molecular flexibility index (Phi) is 6.99. The molecule has 1 aromatic rings. The summed E-state index contributed by atoms with van der Waals surface area (Å²) in [5.74, 6) is -0.440. The third-order valence-electron chi connectivity index (χ3n) is 6.12. The molecule has 32 heavy (non-hydrogen) atoms. The van der Waals surface area contributed by atoms with Crippen LogP contribution in [0.2, 0.25) is 0 Å². The van der Waals surface area contributed by atoms with Gasteiger partial charge in [0.05, 0.1) is 6.42 Å². The van der Waals surface area contributed by atoms with Gasteiger partial charge in [-0.25, -0.2) is 4.98 Å². The molecule has 2 bridgehead atoms. The van der Waals surface area contributed by atoms with Crippen molar-refractivity contribution >= 4 is 5.97 Å². The van der Waals surface area contributed by atoms with Crippen molar-refractivity contribution in [2.24, 2.45) is 22.9 Å². The number of carbonyl (C=O) groups is 1. The van der Waals surface area contributed by atoms with Crippen LogP contribution in [-0.4, -0.2) is 22.4 Å². The van der Waals surface area contributed by atoms with E-state index in [-0.39, 0.29) is 41.5 Å². The van der Waals surface area contributed by atoms with Gasteiger partial charge in [-0.15, -0.1) is 0 Å². The minimum Gasteiger partial charge on any atom is -0.407 e. The average Bonchev–Trinajstić information content (AvgIpc) is 2.66. The van der Waals surface area contributed by atoms with Gasteiger partial charge in [-0.1, -0.05) is 48.3 Å². The minimum absolute atomic E-state index is 0.0339. The molecule has 2 unspecified atom stereocenters. The molecular weight excluding hydrogens is 410 g/mol. The smallest absolute Gasteiger partial charge is 0.313 e. The van der Waals surface area contributed by atoms with Crippen LogP contribution in [0.25, 0.3) is 10.4 Å². The Bertz CT molecular complexity index is 1030. The van der Waals surface area contributed by atoms with Crippen LogP contribution in [0.4, 0.5) is 0 Å². The standard InChI is InChI=1S/C23H29N5O4/c1-5-18-17-9-15(4)12-23(18,26-27-24)19-6-7-21(25-20(19)11-17)32-22(29)10-16(8-14(2)3)13-28(30)31/h5-7,9,14,16-17H,8,10-13H2,1-4H3/b18-5+/t16-,17?,23?/m0/s1. The van der Waals surface area contributed by atoms with Crippen molar-refractivity contribution in [1.82, 2.24) is 4.98 Å². The highest BCUT2D eigenvalue weighted by Crippen LogP contribution is 2.52. The Morgan fingerprint density at radius 2 is 2.25 bits per heavy atom. The van der Waals surface area contributed by atoms with Gasteiger partial charge >= 0.3 is 5.97 Å². The number of ether oxygens (including phenoxy) is 1. The van der Waals surface area contributed by atoms with E-state index in [2.05, 4.69) is 21.1 Å². The summed E-state index contributed by atoms with van der Waals surface area (Å²) in [5.41, 5.74) is 12.3. The predicted molar refractivity (Wildman–Crippen MR) is 119 cm³/mol. The van der Waals surface area contributed by atoms with Crippen molar-refractivity contribution in [3.05, 3.63) is 67.2 Å². The maximum absolute atomic E-state index is 12.5. The number of nitro groups is 1. The van der Waals surface area contributed by atoms with E-state index in [1.165, 1.54) is 0 Å². The van der Waals surface area contributed by atoms with Gasteiger partial charge in [-0.2, -0.15) is 0 Å². The van der Waals surface area contributed by atoms with E-state index < -0.39 is 11.5 Å². The third kappa shape index (κ3) is 4.83. The van der Waals surface area contributed by atoms with E-state index >= 15 is 0 Å². The maximum Gasteiger partial charge on any atom is 0.313 e. The molecule has 0 N–H and O–H groups in total. The van der Waals surface area contributed by atoms with Gasteiger partial charge in [0.15, 0.2) is 0 Å². The largest absolute Gasteiger partial charge is 0.407 e. The Labute approximate surface area is 187 Å². The lowest BCUT2D eigenvalue weighted by Crippen LogP contribution is -2.39. The number of rotatable bonds is 8. The molecule has 3 atom stereocenters. The van der Waals surface area contributed by atoms with Crippen molar-refractivity contribution in [2.75, 3.05) is 6.54 Å². The molecule has 2 aliphatic rings. The highest BCUT2D eigenvalue weighted by Gasteiger charge is 2.46. The van der Waals surface area contributed by atoms with E-state index in [1.54, 1.807) is 6.07 Å². The fourth-order valence-corrected chi connectivity index (χ4v) is 5.17. The SMILES string of the molecule is C/C=C1\C2C=C(C)CC1(N=[N+]=[N-])c1ccc(OC(=O)C[C@H](CC(C)C)C[N+](=O)[O-])nc1C2. The molecule has 0 spiro atoms. The summed E-state index contributed by atoms with van der Waals surface area (Å²) < 4.78 is 5.46. The molecular formula is C23H29N5O4. The van der Waals surface area contributed by atoms with Crippen molar-refractivity contribution in [1.29, 1.82) is 0 Å². The minimum atomic E-state index is -0.815. The van der Waals surface area contributed by atoms with E-state index in [1.807, 2.05) is 39.8 Å². The summed E-state index contributed by atoms with van der Waals surface area (Å²) in [4.78, 5) is 30.8. The Morgan fingerprint density at radius 1 is 1.50 bits per heavy atom. The molecule has 3 rings (SSSR count). The molecule has 0 aromatic carbocycles. The fraction of sp³-hybridized carbons (Fsp3) is 0.565. The monoisotopic (exact) mass is 439 g/mol. The molecule has 0 radical (unpaired) electrons. The number of carbonyl (C=O) groups excluding carboxylic acids is 1. The van der Waals surface area contributed by atoms with Crippen LogP contribution < -0.4 is 4.74 Å². The van der Waals surface area contributed by atoms with Gasteiger partial charge in [0.25, 0.3) is 0 Å². The molecule has 0 fully saturated rings. The molecule has 0 amide bonds. The van der Waals surface area contributed by atoms with E-state index in [4.69, 9.17) is 4.74 Å². The van der Waals surface area contributed by atoms with Gasteiger partial charge in [0.1, 0.15) is 5.54 Å². The summed E-state index contributed by atoms with van der Waals surface area (Å²) in [5, 5.41) is 15.2. The summed E-state index contributed by atoms with van der Waals surface area (Å²) >= 11 is 0. The number of fused-ring (bicyclic) bond motifs is 4. The number of hydrogen-bond donors (Lipinski definition) is 0. The van der Waals surface area contributed by atoms with Gasteiger partial charge in [0.2, 0.25) is 12.4 Å². The summed E-state index contributed by atoms with van der Waals surface area (Å²) in [6.45, 7) is 7.66. The molecule has 0 aliphatic heterocycles. The Morgan fingerprint density at radius 3 is 2.88 bits per heavy atom. The normalized spacial score (nSPS) is 23.7. The van der Waals surface area contributed by atoms with E-state index in [0.717, 1.165) is 22.4 Å². The van der Waals surface area contributed by atoms with Gasteiger partial charge < -0.3 is 4.74 Å². The first-order valence-corrected chi connectivity index (χ1v) is 10.9. The average molecular weight is 440 g/mol. The summed E-state index contributed by atoms with van der Waals surface area (Å²) in [6.07, 6.45) is 5.94. The zero-order chi connectivity index (χ0) is 23.5. The lowest BCUT2D eigenvalue weighted by Gasteiger charge is -2.44. The molecule has 1 heterocycles. The molecule has 2 aliphatic carbocycles. The number of nitrogens with zero attached hydrogens (tertiary/aromatic N) is 5.